The van der Waals surface area contributed by atoms with Crippen molar-refractivity contribution in [1.29, 1.82) is 5.26 Å². The van der Waals surface area contributed by atoms with Gasteiger partial charge in [-0.25, -0.2) is 8.78 Å². The maximum absolute atomic E-state index is 13.4. The molecular formula is C17H17F2N3O2. The van der Waals surface area contributed by atoms with Gasteiger partial charge in [-0.1, -0.05) is 0 Å². The molecule has 2 saturated heterocycles. The lowest BCUT2D eigenvalue weighted by molar-refractivity contribution is -0.140. The fourth-order valence-corrected chi connectivity index (χ4v) is 3.27. The summed E-state index contributed by atoms with van der Waals surface area (Å²) < 4.78 is 26.4. The third kappa shape index (κ3) is 2.96. The van der Waals surface area contributed by atoms with Gasteiger partial charge < -0.3 is 9.80 Å². The van der Waals surface area contributed by atoms with Gasteiger partial charge in [-0.05, 0) is 31.4 Å². The standard InChI is InChI=1S/C17H17F2N3O2/c18-14-2-1-12(9-15(14)19)22-8-5-13(17(22)24)16(23)21-6-3-11(10-20)4-7-21/h1-2,9,11,13H,3-8H2. The molecule has 2 fully saturated rings. The molecular weight excluding hydrogens is 316 g/mol. The Morgan fingerprint density at radius 2 is 1.83 bits per heavy atom. The highest BCUT2D eigenvalue weighted by molar-refractivity contribution is 6.09. The normalized spacial score (nSPS) is 21.9. The molecule has 2 heterocycles. The summed E-state index contributed by atoms with van der Waals surface area (Å²) in [6.07, 6.45) is 1.60. The smallest absolute Gasteiger partial charge is 0.239 e. The monoisotopic (exact) mass is 333 g/mol. The van der Waals surface area contributed by atoms with Gasteiger partial charge in [0.1, 0.15) is 5.92 Å². The van der Waals surface area contributed by atoms with Crippen molar-refractivity contribution >= 4 is 17.5 Å². The summed E-state index contributed by atoms with van der Waals surface area (Å²) in [4.78, 5) is 28.0. The van der Waals surface area contributed by atoms with E-state index in [-0.39, 0.29) is 23.4 Å². The molecule has 0 N–H and O–H groups in total. The molecule has 126 valence electrons. The van der Waals surface area contributed by atoms with Gasteiger partial charge in [0.2, 0.25) is 11.8 Å². The molecule has 5 nitrogen and oxygen atoms in total. The molecule has 3 rings (SSSR count). The van der Waals surface area contributed by atoms with Crippen LogP contribution in [0.15, 0.2) is 18.2 Å². The van der Waals surface area contributed by atoms with Crippen LogP contribution in [0.1, 0.15) is 19.3 Å². The van der Waals surface area contributed by atoms with Crippen molar-refractivity contribution in [2.45, 2.75) is 19.3 Å². The largest absolute Gasteiger partial charge is 0.342 e. The van der Waals surface area contributed by atoms with Crippen LogP contribution in [-0.2, 0) is 9.59 Å². The Hall–Kier alpha value is -2.49. The molecule has 0 spiro atoms. The Bertz CT molecular complexity index is 708. The van der Waals surface area contributed by atoms with E-state index in [4.69, 9.17) is 5.26 Å². The van der Waals surface area contributed by atoms with Gasteiger partial charge in [0.15, 0.2) is 11.6 Å². The first-order valence-corrected chi connectivity index (χ1v) is 7.96. The number of benzene rings is 1. The molecule has 0 aromatic heterocycles. The quantitative estimate of drug-likeness (QED) is 0.779. The van der Waals surface area contributed by atoms with Gasteiger partial charge in [-0.15, -0.1) is 0 Å². The van der Waals surface area contributed by atoms with Gasteiger partial charge in [-0.2, -0.15) is 5.26 Å². The number of hydrogen-bond donors (Lipinski definition) is 0. The highest BCUT2D eigenvalue weighted by atomic mass is 19.2. The summed E-state index contributed by atoms with van der Waals surface area (Å²) in [6, 6.07) is 5.48. The number of nitriles is 1. The Balaban J connectivity index is 1.68. The second-order valence-corrected chi connectivity index (χ2v) is 6.16. The summed E-state index contributed by atoms with van der Waals surface area (Å²) in [5.74, 6) is -3.43. The van der Waals surface area contributed by atoms with Gasteiger partial charge in [-0.3, -0.25) is 9.59 Å². The van der Waals surface area contributed by atoms with E-state index in [9.17, 15) is 18.4 Å². The molecule has 0 aliphatic carbocycles. The number of rotatable bonds is 2. The number of likely N-dealkylation sites (tertiary alicyclic amines) is 1. The van der Waals surface area contributed by atoms with E-state index in [1.165, 1.54) is 11.0 Å². The van der Waals surface area contributed by atoms with Crippen LogP contribution >= 0.6 is 0 Å². The third-order valence-corrected chi connectivity index (χ3v) is 4.71. The summed E-state index contributed by atoms with van der Waals surface area (Å²) in [6.45, 7) is 1.26. The van der Waals surface area contributed by atoms with Crippen molar-refractivity contribution in [3.05, 3.63) is 29.8 Å². The van der Waals surface area contributed by atoms with E-state index in [1.54, 1.807) is 4.90 Å². The molecule has 1 aromatic carbocycles. The molecule has 0 radical (unpaired) electrons. The van der Waals surface area contributed by atoms with E-state index < -0.39 is 17.6 Å². The zero-order chi connectivity index (χ0) is 17.3. The summed E-state index contributed by atoms with van der Waals surface area (Å²) in [5, 5.41) is 8.90. The van der Waals surface area contributed by atoms with Gasteiger partial charge in [0.05, 0.1) is 6.07 Å². The van der Waals surface area contributed by atoms with Crippen molar-refractivity contribution in [1.82, 2.24) is 4.90 Å². The van der Waals surface area contributed by atoms with E-state index >= 15 is 0 Å². The average Bonchev–Trinajstić information content (AvgIpc) is 2.98. The summed E-state index contributed by atoms with van der Waals surface area (Å²) in [7, 11) is 0. The van der Waals surface area contributed by atoms with Crippen LogP contribution in [0, 0.1) is 34.8 Å². The first kappa shape index (κ1) is 16.4. The lowest BCUT2D eigenvalue weighted by Gasteiger charge is -2.30. The minimum atomic E-state index is -1.02. The molecule has 7 heteroatoms. The number of halogens is 2. The van der Waals surface area contributed by atoms with Crippen LogP contribution in [0.4, 0.5) is 14.5 Å². The van der Waals surface area contributed by atoms with Crippen LogP contribution in [0.3, 0.4) is 0 Å². The Morgan fingerprint density at radius 1 is 1.12 bits per heavy atom. The Labute approximate surface area is 138 Å². The molecule has 2 aliphatic rings. The average molecular weight is 333 g/mol. The van der Waals surface area contributed by atoms with Crippen LogP contribution in [-0.4, -0.2) is 36.3 Å². The lowest BCUT2D eigenvalue weighted by Crippen LogP contribution is -2.44. The highest BCUT2D eigenvalue weighted by Gasteiger charge is 2.40. The molecule has 24 heavy (non-hydrogen) atoms. The summed E-state index contributed by atoms with van der Waals surface area (Å²) in [5.41, 5.74) is 0.261. The molecule has 2 amide bonds. The molecule has 0 bridgehead atoms. The van der Waals surface area contributed by atoms with Crippen LogP contribution in [0.2, 0.25) is 0 Å². The van der Waals surface area contributed by atoms with Gasteiger partial charge >= 0.3 is 0 Å². The first-order chi connectivity index (χ1) is 11.5. The number of amides is 2. The molecule has 1 unspecified atom stereocenters. The SMILES string of the molecule is N#CC1CCN(C(=O)C2CCN(c3ccc(F)c(F)c3)C2=O)CC1. The Morgan fingerprint density at radius 3 is 2.46 bits per heavy atom. The highest BCUT2D eigenvalue weighted by Crippen LogP contribution is 2.29. The molecule has 0 saturated carbocycles. The van der Waals surface area contributed by atoms with Crippen molar-refractivity contribution in [2.75, 3.05) is 24.5 Å². The fraction of sp³-hybridized carbons (Fsp3) is 0.471. The van der Waals surface area contributed by atoms with Crippen LogP contribution in [0.5, 0.6) is 0 Å². The number of nitrogens with zero attached hydrogens (tertiary/aromatic N) is 3. The molecule has 1 atom stereocenters. The zero-order valence-corrected chi connectivity index (χ0v) is 13.0. The Kier molecular flexibility index (Phi) is 4.47. The number of anilines is 1. The molecule has 2 aliphatic heterocycles. The zero-order valence-electron chi connectivity index (χ0n) is 13.0. The fourth-order valence-electron chi connectivity index (χ4n) is 3.27. The molecule has 1 aromatic rings. The minimum absolute atomic E-state index is 0.0352. The van der Waals surface area contributed by atoms with Gasteiger partial charge in [0.25, 0.3) is 0 Å². The van der Waals surface area contributed by atoms with Crippen molar-refractivity contribution in [2.24, 2.45) is 11.8 Å². The number of carbonyl (C=O) groups excluding carboxylic acids is 2. The number of hydrogen-bond acceptors (Lipinski definition) is 3. The first-order valence-electron chi connectivity index (χ1n) is 7.96. The van der Waals surface area contributed by atoms with E-state index in [0.29, 0.717) is 38.9 Å². The van der Waals surface area contributed by atoms with Crippen molar-refractivity contribution < 1.29 is 18.4 Å². The number of carbonyl (C=O) groups is 2. The second-order valence-electron chi connectivity index (χ2n) is 6.16. The predicted molar refractivity (Wildman–Crippen MR) is 81.7 cm³/mol. The van der Waals surface area contributed by atoms with E-state index in [2.05, 4.69) is 6.07 Å². The van der Waals surface area contributed by atoms with Crippen LogP contribution < -0.4 is 4.90 Å². The maximum atomic E-state index is 13.4. The van der Waals surface area contributed by atoms with Gasteiger partial charge in [0, 0.05) is 37.3 Å². The van der Waals surface area contributed by atoms with Crippen LogP contribution in [0.25, 0.3) is 0 Å². The van der Waals surface area contributed by atoms with E-state index in [1.807, 2.05) is 0 Å². The second kappa shape index (κ2) is 6.56. The third-order valence-electron chi connectivity index (χ3n) is 4.71. The van der Waals surface area contributed by atoms with Crippen molar-refractivity contribution in [3.8, 4) is 6.07 Å². The van der Waals surface area contributed by atoms with E-state index in [0.717, 1.165) is 12.1 Å². The van der Waals surface area contributed by atoms with Crippen molar-refractivity contribution in [3.63, 3.8) is 0 Å². The summed E-state index contributed by atoms with van der Waals surface area (Å²) >= 11 is 0. The lowest BCUT2D eigenvalue weighted by atomic mass is 9.97. The predicted octanol–water partition coefficient (Wildman–Crippen LogP) is 2.08. The number of piperidine rings is 1. The maximum Gasteiger partial charge on any atom is 0.239 e. The topological polar surface area (TPSA) is 64.4 Å². The minimum Gasteiger partial charge on any atom is -0.342 e.